The number of fused-ring (bicyclic) bond motifs is 1. The van der Waals surface area contributed by atoms with E-state index >= 15 is 0 Å². The van der Waals surface area contributed by atoms with Gasteiger partial charge in [0.15, 0.2) is 0 Å². The molecule has 0 saturated carbocycles. The number of benzene rings is 1. The molecule has 1 aliphatic heterocycles. The molecule has 2 heterocycles. The van der Waals surface area contributed by atoms with Gasteiger partial charge in [-0.3, -0.25) is 0 Å². The molecule has 0 unspecified atom stereocenters. The average molecular weight is 448 g/mol. The number of hydrogen-bond donors (Lipinski definition) is 4. The van der Waals surface area contributed by atoms with Crippen molar-refractivity contribution in [3.05, 3.63) is 55.0 Å². The molecule has 3 rings (SSSR count). The molecule has 12 nitrogen and oxygen atoms in total. The molecule has 0 bridgehead atoms. The Morgan fingerprint density at radius 2 is 1.50 bits per heavy atom. The van der Waals surface area contributed by atoms with E-state index in [1.54, 1.807) is 12.5 Å². The van der Waals surface area contributed by atoms with Crippen molar-refractivity contribution in [2.75, 3.05) is 13.2 Å². The van der Waals surface area contributed by atoms with Gasteiger partial charge in [0.1, 0.15) is 18.2 Å². The first-order valence-corrected chi connectivity index (χ1v) is 8.89. The van der Waals surface area contributed by atoms with Crippen molar-refractivity contribution in [3.63, 3.8) is 0 Å². The maximum Gasteiger partial charge on any atom is 0.328 e. The molecule has 2 aromatic rings. The van der Waals surface area contributed by atoms with Crippen molar-refractivity contribution in [1.82, 2.24) is 9.97 Å². The molecule has 32 heavy (non-hydrogen) atoms. The maximum absolute atomic E-state index is 9.55. The molecule has 1 aromatic heterocycles. The largest absolute Gasteiger partial charge is 0.488 e. The van der Waals surface area contributed by atoms with Crippen LogP contribution in [0, 0.1) is 0 Å². The van der Waals surface area contributed by atoms with Crippen LogP contribution in [0.5, 0.6) is 5.75 Å². The van der Waals surface area contributed by atoms with Gasteiger partial charge in [-0.1, -0.05) is 0 Å². The summed E-state index contributed by atoms with van der Waals surface area (Å²) in [6.07, 6.45) is 6.71. The highest BCUT2D eigenvalue weighted by Crippen LogP contribution is 2.21. The molecule has 1 aliphatic rings. The number of carboxylic acid groups (broad SMARTS) is 4. The van der Waals surface area contributed by atoms with Crippen molar-refractivity contribution in [2.24, 2.45) is 0 Å². The molecule has 4 N–H and O–H groups in total. The van der Waals surface area contributed by atoms with Crippen LogP contribution in [0.25, 0.3) is 10.9 Å². The fraction of sp³-hybridized carbons (Fsp3) is 0.200. The first-order chi connectivity index (χ1) is 15.2. The van der Waals surface area contributed by atoms with E-state index in [-0.39, 0.29) is 6.10 Å². The van der Waals surface area contributed by atoms with Crippen LogP contribution in [-0.2, 0) is 23.9 Å². The SMILES string of the molecule is O=C(O)/C=C\C(=O)O.O=C(O)/C=C\C(=O)O.c1ncc2ccc(O[C@H]3CCOC3)cc2n1. The van der Waals surface area contributed by atoms with Gasteiger partial charge in [-0.05, 0) is 12.1 Å². The predicted octanol–water partition coefficient (Wildman–Crippen LogP) is 1.22. The summed E-state index contributed by atoms with van der Waals surface area (Å²) < 4.78 is 11.1. The summed E-state index contributed by atoms with van der Waals surface area (Å²) in [5, 5.41) is 32.3. The Morgan fingerprint density at radius 1 is 0.938 bits per heavy atom. The quantitative estimate of drug-likeness (QED) is 0.462. The first-order valence-electron chi connectivity index (χ1n) is 8.89. The zero-order chi connectivity index (χ0) is 23.9. The second-order valence-corrected chi connectivity index (χ2v) is 5.87. The van der Waals surface area contributed by atoms with E-state index in [0.717, 1.165) is 29.7 Å². The lowest BCUT2D eigenvalue weighted by Gasteiger charge is -2.11. The van der Waals surface area contributed by atoms with Gasteiger partial charge in [0.05, 0.1) is 18.7 Å². The van der Waals surface area contributed by atoms with Crippen LogP contribution < -0.4 is 4.74 Å². The Labute approximate surface area is 181 Å². The van der Waals surface area contributed by atoms with Crippen LogP contribution in [0.3, 0.4) is 0 Å². The second-order valence-electron chi connectivity index (χ2n) is 5.87. The van der Waals surface area contributed by atoms with Crippen molar-refractivity contribution in [1.29, 1.82) is 0 Å². The van der Waals surface area contributed by atoms with Crippen LogP contribution in [0.1, 0.15) is 6.42 Å². The van der Waals surface area contributed by atoms with Gasteiger partial charge in [-0.15, -0.1) is 0 Å². The van der Waals surface area contributed by atoms with E-state index in [4.69, 9.17) is 29.9 Å². The van der Waals surface area contributed by atoms with Gasteiger partial charge < -0.3 is 29.9 Å². The summed E-state index contributed by atoms with van der Waals surface area (Å²) in [4.78, 5) is 46.4. The van der Waals surface area contributed by atoms with Crippen molar-refractivity contribution >= 4 is 34.8 Å². The van der Waals surface area contributed by atoms with Crippen LogP contribution in [0.2, 0.25) is 0 Å². The number of aromatic nitrogens is 2. The summed E-state index contributed by atoms with van der Waals surface area (Å²) in [6, 6.07) is 5.86. The number of ether oxygens (including phenoxy) is 2. The Bertz CT molecular complexity index is 931. The smallest absolute Gasteiger partial charge is 0.328 e. The molecule has 12 heteroatoms. The van der Waals surface area contributed by atoms with E-state index in [1.807, 2.05) is 18.2 Å². The molecule has 0 aliphatic carbocycles. The fourth-order valence-corrected chi connectivity index (χ4v) is 2.11. The lowest BCUT2D eigenvalue weighted by Crippen LogP contribution is -2.15. The summed E-state index contributed by atoms with van der Waals surface area (Å²) in [6.45, 7) is 1.47. The minimum absolute atomic E-state index is 0.180. The standard InChI is InChI=1S/C12H12N2O2.2C4H4O4/c1-2-10(16-11-3-4-15-7-11)5-12-9(1)6-13-8-14-12;2*5-3(6)1-2-4(7)8/h1-2,5-6,8,11H,3-4,7H2;2*1-2H,(H,5,6)(H,7,8)/b;2*2-1-/t11-;;/m0../s1. The minimum Gasteiger partial charge on any atom is -0.488 e. The lowest BCUT2D eigenvalue weighted by atomic mass is 10.2. The molecular formula is C20H20N2O10. The summed E-state index contributed by atoms with van der Waals surface area (Å²) in [7, 11) is 0. The zero-order valence-electron chi connectivity index (χ0n) is 16.5. The monoisotopic (exact) mass is 448 g/mol. The predicted molar refractivity (Wildman–Crippen MR) is 108 cm³/mol. The van der Waals surface area contributed by atoms with E-state index in [2.05, 4.69) is 9.97 Å². The molecule has 1 atom stereocenters. The van der Waals surface area contributed by atoms with Crippen LogP contribution in [0.4, 0.5) is 0 Å². The molecule has 0 spiro atoms. The number of nitrogens with zero attached hydrogens (tertiary/aromatic N) is 2. The van der Waals surface area contributed by atoms with Crippen molar-refractivity contribution in [2.45, 2.75) is 12.5 Å². The van der Waals surface area contributed by atoms with Crippen LogP contribution >= 0.6 is 0 Å². The summed E-state index contributed by atoms with van der Waals surface area (Å²) in [5.74, 6) is -4.18. The van der Waals surface area contributed by atoms with Gasteiger partial charge >= 0.3 is 23.9 Å². The molecule has 1 aromatic carbocycles. The van der Waals surface area contributed by atoms with Crippen LogP contribution in [-0.4, -0.2) is 73.6 Å². The van der Waals surface area contributed by atoms with Gasteiger partial charge in [-0.25, -0.2) is 29.1 Å². The van der Waals surface area contributed by atoms with Gasteiger partial charge in [0, 0.05) is 48.4 Å². The molecule has 1 fully saturated rings. The van der Waals surface area contributed by atoms with Crippen molar-refractivity contribution in [3.8, 4) is 5.75 Å². The normalized spacial score (nSPS) is 14.8. The Balaban J connectivity index is 0.000000273. The summed E-state index contributed by atoms with van der Waals surface area (Å²) in [5.41, 5.74) is 0.909. The zero-order valence-corrected chi connectivity index (χ0v) is 16.5. The second kappa shape index (κ2) is 13.8. The molecule has 0 amide bonds. The first kappa shape index (κ1) is 25.7. The Kier molecular flexibility index (Phi) is 11.1. The number of carboxylic acids is 4. The van der Waals surface area contributed by atoms with Gasteiger partial charge in [0.2, 0.25) is 0 Å². The number of aliphatic carboxylic acids is 4. The Morgan fingerprint density at radius 3 is 1.97 bits per heavy atom. The third-order valence-corrected chi connectivity index (χ3v) is 3.41. The van der Waals surface area contributed by atoms with E-state index < -0.39 is 23.9 Å². The third-order valence-electron chi connectivity index (χ3n) is 3.41. The van der Waals surface area contributed by atoms with Gasteiger partial charge in [0.25, 0.3) is 0 Å². The van der Waals surface area contributed by atoms with Crippen LogP contribution in [0.15, 0.2) is 55.0 Å². The lowest BCUT2D eigenvalue weighted by molar-refractivity contribution is -0.134. The molecule has 1 saturated heterocycles. The van der Waals surface area contributed by atoms with E-state index in [1.165, 1.54) is 0 Å². The number of rotatable bonds is 6. The highest BCUT2D eigenvalue weighted by molar-refractivity contribution is 5.90. The van der Waals surface area contributed by atoms with Gasteiger partial charge in [-0.2, -0.15) is 0 Å². The molecule has 170 valence electrons. The van der Waals surface area contributed by atoms with Crippen molar-refractivity contribution < 1.29 is 49.1 Å². The maximum atomic E-state index is 9.55. The fourth-order valence-electron chi connectivity index (χ4n) is 2.11. The topological polar surface area (TPSA) is 193 Å². The third kappa shape index (κ3) is 11.6. The number of carbonyl (C=O) groups is 4. The molecular weight excluding hydrogens is 428 g/mol. The average Bonchev–Trinajstić information content (AvgIpc) is 3.25. The number of hydrogen-bond acceptors (Lipinski definition) is 8. The molecule has 0 radical (unpaired) electrons. The summed E-state index contributed by atoms with van der Waals surface area (Å²) >= 11 is 0. The highest BCUT2D eigenvalue weighted by atomic mass is 16.5. The Hall–Kier alpha value is -4.32. The highest BCUT2D eigenvalue weighted by Gasteiger charge is 2.17. The van der Waals surface area contributed by atoms with E-state index in [9.17, 15) is 19.2 Å². The van der Waals surface area contributed by atoms with E-state index in [0.29, 0.717) is 30.9 Å². The minimum atomic E-state index is -1.26.